The molecular formula is C20H22F2N2O. The summed E-state index contributed by atoms with van der Waals surface area (Å²) in [5.41, 5.74) is 4.10. The predicted octanol–water partition coefficient (Wildman–Crippen LogP) is 4.13. The van der Waals surface area contributed by atoms with Crippen molar-refractivity contribution in [1.82, 2.24) is 5.32 Å². The number of amides is 1. The first kappa shape index (κ1) is 17.4. The Morgan fingerprint density at radius 3 is 2.44 bits per heavy atom. The molecule has 25 heavy (non-hydrogen) atoms. The summed E-state index contributed by atoms with van der Waals surface area (Å²) in [6.45, 7) is 1.89. The average molecular weight is 344 g/mol. The predicted molar refractivity (Wildman–Crippen MR) is 94.5 cm³/mol. The van der Waals surface area contributed by atoms with Gasteiger partial charge in [0.25, 0.3) is 0 Å². The Bertz CT molecular complexity index is 756. The average Bonchev–Trinajstić information content (AvgIpc) is 2.58. The molecule has 3 rings (SSSR count). The lowest BCUT2D eigenvalue weighted by atomic mass is 9.89. The van der Waals surface area contributed by atoms with Gasteiger partial charge in [-0.05, 0) is 61.4 Å². The normalized spacial score (nSPS) is 14.5. The van der Waals surface area contributed by atoms with Gasteiger partial charge in [-0.3, -0.25) is 4.79 Å². The second-order valence-electron chi connectivity index (χ2n) is 6.54. The van der Waals surface area contributed by atoms with Crippen LogP contribution in [0.25, 0.3) is 0 Å². The van der Waals surface area contributed by atoms with Gasteiger partial charge in [0, 0.05) is 11.8 Å². The van der Waals surface area contributed by atoms with Crippen molar-refractivity contribution in [3.63, 3.8) is 0 Å². The molecule has 2 aromatic carbocycles. The number of benzene rings is 2. The largest absolute Gasteiger partial charge is 0.376 e. The smallest absolute Gasteiger partial charge is 0.239 e. The van der Waals surface area contributed by atoms with Crippen molar-refractivity contribution in [1.29, 1.82) is 0 Å². The zero-order chi connectivity index (χ0) is 17.8. The molecule has 0 heterocycles. The molecule has 0 bridgehead atoms. The van der Waals surface area contributed by atoms with Crippen molar-refractivity contribution in [2.45, 2.75) is 38.6 Å². The fourth-order valence-corrected chi connectivity index (χ4v) is 3.24. The van der Waals surface area contributed by atoms with E-state index in [1.165, 1.54) is 24.0 Å². The maximum Gasteiger partial charge on any atom is 0.239 e. The van der Waals surface area contributed by atoms with Crippen molar-refractivity contribution in [3.8, 4) is 0 Å². The zero-order valence-corrected chi connectivity index (χ0v) is 14.2. The number of rotatable bonds is 5. The van der Waals surface area contributed by atoms with Gasteiger partial charge in [0.1, 0.15) is 11.6 Å². The van der Waals surface area contributed by atoms with Crippen LogP contribution in [0.2, 0.25) is 0 Å². The molecule has 0 fully saturated rings. The van der Waals surface area contributed by atoms with Crippen LogP contribution in [0.3, 0.4) is 0 Å². The first-order valence-electron chi connectivity index (χ1n) is 8.62. The number of anilines is 1. The maximum atomic E-state index is 13.1. The van der Waals surface area contributed by atoms with Gasteiger partial charge in [-0.2, -0.15) is 0 Å². The van der Waals surface area contributed by atoms with Crippen molar-refractivity contribution in [2.75, 3.05) is 11.9 Å². The molecule has 2 aromatic rings. The Balaban J connectivity index is 1.57. The lowest BCUT2D eigenvalue weighted by molar-refractivity contribution is -0.120. The molecule has 1 amide bonds. The highest BCUT2D eigenvalue weighted by Crippen LogP contribution is 2.24. The number of hydrogen-bond acceptors (Lipinski definition) is 2. The van der Waals surface area contributed by atoms with E-state index in [1.54, 1.807) is 0 Å². The van der Waals surface area contributed by atoms with Crippen LogP contribution in [0.1, 0.15) is 42.5 Å². The molecule has 3 nitrogen and oxygen atoms in total. The standard InChI is InChI=1S/C20H22F2N2O/c1-13(15-7-6-14-4-2-3-5-16(14)8-15)24-20(25)12-23-19-10-17(21)9-18(22)11-19/h6-11,13,23H,2-5,12H2,1H3,(H,24,25). The quantitative estimate of drug-likeness (QED) is 0.856. The summed E-state index contributed by atoms with van der Waals surface area (Å²) < 4.78 is 26.3. The van der Waals surface area contributed by atoms with Gasteiger partial charge in [-0.1, -0.05) is 18.2 Å². The Morgan fingerprint density at radius 1 is 1.04 bits per heavy atom. The molecule has 0 saturated heterocycles. The fraction of sp³-hybridized carbons (Fsp3) is 0.350. The maximum absolute atomic E-state index is 13.1. The van der Waals surface area contributed by atoms with Gasteiger partial charge in [0.2, 0.25) is 5.91 Å². The van der Waals surface area contributed by atoms with E-state index in [9.17, 15) is 13.6 Å². The molecule has 2 N–H and O–H groups in total. The van der Waals surface area contributed by atoms with Crippen molar-refractivity contribution in [3.05, 3.63) is 64.7 Å². The molecule has 5 heteroatoms. The van der Waals surface area contributed by atoms with E-state index in [2.05, 4.69) is 28.8 Å². The number of carbonyl (C=O) groups is 1. The SMILES string of the molecule is CC(NC(=O)CNc1cc(F)cc(F)c1)c1ccc2c(c1)CCCC2. The Morgan fingerprint density at radius 2 is 1.72 bits per heavy atom. The van der Waals surface area contributed by atoms with Crippen LogP contribution in [0.15, 0.2) is 36.4 Å². The van der Waals surface area contributed by atoms with E-state index in [1.807, 2.05) is 6.92 Å². The number of nitrogens with one attached hydrogen (secondary N) is 2. The summed E-state index contributed by atoms with van der Waals surface area (Å²) in [6.07, 6.45) is 4.68. The molecule has 1 aliphatic rings. The molecule has 0 aliphatic heterocycles. The second-order valence-corrected chi connectivity index (χ2v) is 6.54. The molecule has 0 radical (unpaired) electrons. The van der Waals surface area contributed by atoms with Crippen LogP contribution in [-0.4, -0.2) is 12.5 Å². The van der Waals surface area contributed by atoms with Crippen LogP contribution >= 0.6 is 0 Å². The van der Waals surface area contributed by atoms with E-state index in [4.69, 9.17) is 0 Å². The highest BCUT2D eigenvalue weighted by molar-refractivity contribution is 5.81. The van der Waals surface area contributed by atoms with Crippen LogP contribution in [0.4, 0.5) is 14.5 Å². The van der Waals surface area contributed by atoms with Crippen LogP contribution < -0.4 is 10.6 Å². The van der Waals surface area contributed by atoms with Crippen molar-refractivity contribution < 1.29 is 13.6 Å². The summed E-state index contributed by atoms with van der Waals surface area (Å²) in [5.74, 6) is -1.58. The number of hydrogen-bond donors (Lipinski definition) is 2. The lowest BCUT2D eigenvalue weighted by Gasteiger charge is -2.20. The minimum Gasteiger partial charge on any atom is -0.376 e. The molecule has 0 spiro atoms. The Hall–Kier alpha value is -2.43. The van der Waals surface area contributed by atoms with Gasteiger partial charge < -0.3 is 10.6 Å². The third-order valence-corrected chi connectivity index (χ3v) is 4.57. The van der Waals surface area contributed by atoms with E-state index >= 15 is 0 Å². The second kappa shape index (κ2) is 7.64. The summed E-state index contributed by atoms with van der Waals surface area (Å²) in [5, 5.41) is 5.65. The minimum atomic E-state index is -0.676. The Labute approximate surface area is 146 Å². The van der Waals surface area contributed by atoms with Crippen LogP contribution in [0, 0.1) is 11.6 Å². The lowest BCUT2D eigenvalue weighted by Crippen LogP contribution is -2.32. The summed E-state index contributed by atoms with van der Waals surface area (Å²) in [6, 6.07) is 9.38. The van der Waals surface area contributed by atoms with Gasteiger partial charge in [0.15, 0.2) is 0 Å². The van der Waals surface area contributed by atoms with Gasteiger partial charge in [0.05, 0.1) is 12.6 Å². The zero-order valence-electron chi connectivity index (χ0n) is 14.2. The number of carbonyl (C=O) groups excluding carboxylic acids is 1. The van der Waals surface area contributed by atoms with E-state index in [-0.39, 0.29) is 24.2 Å². The van der Waals surface area contributed by atoms with E-state index in [0.717, 1.165) is 36.6 Å². The Kier molecular flexibility index (Phi) is 5.31. The first-order valence-corrected chi connectivity index (χ1v) is 8.62. The molecule has 1 unspecified atom stereocenters. The topological polar surface area (TPSA) is 41.1 Å². The molecule has 1 aliphatic carbocycles. The molecular weight excluding hydrogens is 322 g/mol. The molecule has 0 saturated carbocycles. The molecule has 0 aromatic heterocycles. The van der Waals surface area contributed by atoms with Crippen LogP contribution in [0.5, 0.6) is 0 Å². The summed E-state index contributed by atoms with van der Waals surface area (Å²) in [7, 11) is 0. The van der Waals surface area contributed by atoms with E-state index in [0.29, 0.717) is 0 Å². The monoisotopic (exact) mass is 344 g/mol. The van der Waals surface area contributed by atoms with Crippen molar-refractivity contribution >= 4 is 11.6 Å². The van der Waals surface area contributed by atoms with Crippen molar-refractivity contribution in [2.24, 2.45) is 0 Å². The van der Waals surface area contributed by atoms with Gasteiger partial charge in [-0.15, -0.1) is 0 Å². The third kappa shape index (κ3) is 4.56. The number of fused-ring (bicyclic) bond motifs is 1. The summed E-state index contributed by atoms with van der Waals surface area (Å²) in [4.78, 5) is 12.1. The fourth-order valence-electron chi connectivity index (χ4n) is 3.24. The first-order chi connectivity index (χ1) is 12.0. The number of aryl methyl sites for hydroxylation is 2. The van der Waals surface area contributed by atoms with Gasteiger partial charge in [-0.25, -0.2) is 8.78 Å². The highest BCUT2D eigenvalue weighted by Gasteiger charge is 2.14. The van der Waals surface area contributed by atoms with E-state index < -0.39 is 11.6 Å². The minimum absolute atomic E-state index is 0.0435. The van der Waals surface area contributed by atoms with Gasteiger partial charge >= 0.3 is 0 Å². The third-order valence-electron chi connectivity index (χ3n) is 4.57. The molecule has 1 atom stereocenters. The highest BCUT2D eigenvalue weighted by atomic mass is 19.1. The summed E-state index contributed by atoms with van der Waals surface area (Å²) >= 11 is 0. The molecule has 132 valence electrons. The van der Waals surface area contributed by atoms with Crippen LogP contribution in [-0.2, 0) is 17.6 Å². The number of halogens is 2.